The van der Waals surface area contributed by atoms with Gasteiger partial charge in [0.2, 0.25) is 0 Å². The van der Waals surface area contributed by atoms with Gasteiger partial charge in [0, 0.05) is 23.2 Å². The van der Waals surface area contributed by atoms with Crippen LogP contribution in [0.2, 0.25) is 0 Å². The van der Waals surface area contributed by atoms with Crippen LogP contribution in [0, 0.1) is 0 Å². The molecule has 29 heavy (non-hydrogen) atoms. The van der Waals surface area contributed by atoms with Crippen LogP contribution in [0.3, 0.4) is 0 Å². The lowest BCUT2D eigenvalue weighted by Gasteiger charge is -2.08. The van der Waals surface area contributed by atoms with Crippen LogP contribution in [0.25, 0.3) is 0 Å². The number of nitrogens with zero attached hydrogens (tertiary/aromatic N) is 1. The smallest absolute Gasteiger partial charge is 0.298 e. The maximum absolute atomic E-state index is 12.9. The molecule has 1 aromatic heterocycles. The molecule has 1 heterocycles. The number of anilines is 1. The Morgan fingerprint density at radius 2 is 1.93 bits per heavy atom. The Labute approximate surface area is 172 Å². The summed E-state index contributed by atoms with van der Waals surface area (Å²) in [5, 5.41) is 3.00. The highest BCUT2D eigenvalue weighted by Gasteiger charge is 2.30. The van der Waals surface area contributed by atoms with Crippen molar-refractivity contribution < 1.29 is 22.2 Å². The number of nitrogens with one attached hydrogen (secondary N) is 1. The SMILES string of the molecule is CC[S@](=O)c1ccccc1C(=O)Nc1ncc(Cc2cccc(C(F)(F)F)c2)s1. The average Bonchev–Trinajstić information content (AvgIpc) is 3.13. The molecule has 0 aliphatic heterocycles. The number of aromatic nitrogens is 1. The fourth-order valence-corrected chi connectivity index (χ4v) is 4.47. The number of rotatable bonds is 6. The molecule has 0 unspecified atom stereocenters. The van der Waals surface area contributed by atoms with Crippen LogP contribution < -0.4 is 5.32 Å². The summed E-state index contributed by atoms with van der Waals surface area (Å²) >= 11 is 1.18. The van der Waals surface area contributed by atoms with Crippen LogP contribution >= 0.6 is 11.3 Å². The molecule has 0 spiro atoms. The lowest BCUT2D eigenvalue weighted by atomic mass is 10.1. The molecular formula is C20H17F3N2O2S2. The molecule has 0 saturated heterocycles. The Morgan fingerprint density at radius 3 is 2.66 bits per heavy atom. The Bertz CT molecular complexity index is 1050. The quantitative estimate of drug-likeness (QED) is 0.580. The van der Waals surface area contributed by atoms with Gasteiger partial charge in [0.25, 0.3) is 5.91 Å². The van der Waals surface area contributed by atoms with Gasteiger partial charge in [-0.1, -0.05) is 37.3 Å². The molecule has 0 aliphatic rings. The van der Waals surface area contributed by atoms with Crippen LogP contribution in [0.15, 0.2) is 59.6 Å². The summed E-state index contributed by atoms with van der Waals surface area (Å²) in [6.07, 6.45) is -2.60. The Hall–Kier alpha value is -2.52. The van der Waals surface area contributed by atoms with Gasteiger partial charge >= 0.3 is 6.18 Å². The number of amides is 1. The molecule has 4 nitrogen and oxygen atoms in total. The van der Waals surface area contributed by atoms with Crippen LogP contribution in [0.5, 0.6) is 0 Å². The van der Waals surface area contributed by atoms with Gasteiger partial charge in [-0.25, -0.2) is 4.98 Å². The van der Waals surface area contributed by atoms with Crippen molar-refractivity contribution in [3.05, 3.63) is 76.3 Å². The number of hydrogen-bond donors (Lipinski definition) is 1. The van der Waals surface area contributed by atoms with E-state index in [4.69, 9.17) is 0 Å². The predicted octanol–water partition coefficient (Wildman–Crippen LogP) is 5.13. The third-order valence-electron chi connectivity index (χ3n) is 4.05. The van der Waals surface area contributed by atoms with Gasteiger partial charge < -0.3 is 0 Å². The Kier molecular flexibility index (Phi) is 6.49. The minimum atomic E-state index is -4.39. The fraction of sp³-hybridized carbons (Fsp3) is 0.200. The number of alkyl halides is 3. The third-order valence-corrected chi connectivity index (χ3v) is 6.33. The molecule has 0 fully saturated rings. The van der Waals surface area contributed by atoms with E-state index in [9.17, 15) is 22.2 Å². The van der Waals surface area contributed by atoms with Gasteiger partial charge in [0.05, 0.1) is 26.8 Å². The minimum Gasteiger partial charge on any atom is -0.298 e. The summed E-state index contributed by atoms with van der Waals surface area (Å²) in [6, 6.07) is 11.8. The zero-order valence-corrected chi connectivity index (χ0v) is 17.0. The molecule has 1 amide bonds. The molecule has 152 valence electrons. The highest BCUT2D eigenvalue weighted by Crippen LogP contribution is 2.30. The summed E-state index contributed by atoms with van der Waals surface area (Å²) in [4.78, 5) is 17.9. The second-order valence-electron chi connectivity index (χ2n) is 6.09. The van der Waals surface area contributed by atoms with E-state index in [0.29, 0.717) is 31.8 Å². The maximum atomic E-state index is 12.9. The highest BCUT2D eigenvalue weighted by molar-refractivity contribution is 7.85. The number of halogens is 3. The second-order valence-corrected chi connectivity index (χ2v) is 8.91. The van der Waals surface area contributed by atoms with E-state index in [1.165, 1.54) is 23.6 Å². The van der Waals surface area contributed by atoms with Crippen molar-refractivity contribution in [3.8, 4) is 0 Å². The van der Waals surface area contributed by atoms with Crippen LogP contribution in [0.4, 0.5) is 18.3 Å². The molecule has 1 atom stereocenters. The van der Waals surface area contributed by atoms with Crippen LogP contribution in [-0.2, 0) is 23.4 Å². The van der Waals surface area contributed by atoms with E-state index in [1.54, 1.807) is 37.3 Å². The zero-order valence-electron chi connectivity index (χ0n) is 15.3. The largest absolute Gasteiger partial charge is 0.416 e. The van der Waals surface area contributed by atoms with Crippen LogP contribution in [-0.4, -0.2) is 20.9 Å². The molecule has 0 saturated carbocycles. The van der Waals surface area contributed by atoms with Crippen molar-refractivity contribution in [1.82, 2.24) is 4.98 Å². The summed E-state index contributed by atoms with van der Waals surface area (Å²) < 4.78 is 50.7. The predicted molar refractivity (Wildman–Crippen MR) is 108 cm³/mol. The fourth-order valence-electron chi connectivity index (χ4n) is 2.68. The maximum Gasteiger partial charge on any atom is 0.416 e. The second kappa shape index (κ2) is 8.87. The van der Waals surface area contributed by atoms with Crippen molar-refractivity contribution in [2.75, 3.05) is 11.1 Å². The molecule has 1 N–H and O–H groups in total. The van der Waals surface area contributed by atoms with Gasteiger partial charge in [-0.2, -0.15) is 13.2 Å². The number of carbonyl (C=O) groups is 1. The van der Waals surface area contributed by atoms with E-state index in [0.717, 1.165) is 12.1 Å². The molecule has 3 rings (SSSR count). The summed E-state index contributed by atoms with van der Waals surface area (Å²) in [6.45, 7) is 1.77. The summed E-state index contributed by atoms with van der Waals surface area (Å²) in [7, 11) is -1.28. The first kappa shape index (κ1) is 21.2. The highest BCUT2D eigenvalue weighted by atomic mass is 32.2. The minimum absolute atomic E-state index is 0.272. The molecule has 2 aromatic carbocycles. The van der Waals surface area contributed by atoms with Gasteiger partial charge in [-0.15, -0.1) is 11.3 Å². The molecule has 0 aliphatic carbocycles. The lowest BCUT2D eigenvalue weighted by molar-refractivity contribution is -0.137. The van der Waals surface area contributed by atoms with Crippen LogP contribution in [0.1, 0.15) is 33.3 Å². The molecule has 0 bridgehead atoms. The lowest BCUT2D eigenvalue weighted by Crippen LogP contribution is -2.15. The molecule has 0 radical (unpaired) electrons. The van der Waals surface area contributed by atoms with E-state index in [-0.39, 0.29) is 6.42 Å². The summed E-state index contributed by atoms with van der Waals surface area (Å²) in [5.41, 5.74) is 0.112. The number of benzene rings is 2. The molecular weight excluding hydrogens is 421 g/mol. The first-order valence-corrected chi connectivity index (χ1v) is 10.8. The van der Waals surface area contributed by atoms with Crippen molar-refractivity contribution in [2.24, 2.45) is 0 Å². The van der Waals surface area contributed by atoms with Crippen molar-refractivity contribution >= 4 is 33.2 Å². The first-order valence-electron chi connectivity index (χ1n) is 8.67. The van der Waals surface area contributed by atoms with E-state index in [2.05, 4.69) is 10.3 Å². The van der Waals surface area contributed by atoms with E-state index >= 15 is 0 Å². The van der Waals surface area contributed by atoms with E-state index in [1.807, 2.05) is 0 Å². The summed E-state index contributed by atoms with van der Waals surface area (Å²) in [5.74, 6) is -0.0368. The normalized spacial score (nSPS) is 12.6. The number of carbonyl (C=O) groups excluding carboxylic acids is 1. The molecule has 9 heteroatoms. The van der Waals surface area contributed by atoms with Gasteiger partial charge in [-0.3, -0.25) is 14.3 Å². The zero-order chi connectivity index (χ0) is 21.0. The third kappa shape index (κ3) is 5.30. The van der Waals surface area contributed by atoms with Gasteiger partial charge in [0.1, 0.15) is 0 Å². The monoisotopic (exact) mass is 438 g/mol. The van der Waals surface area contributed by atoms with Crippen molar-refractivity contribution in [2.45, 2.75) is 24.4 Å². The Balaban J connectivity index is 1.73. The van der Waals surface area contributed by atoms with Crippen molar-refractivity contribution in [1.29, 1.82) is 0 Å². The van der Waals surface area contributed by atoms with Crippen molar-refractivity contribution in [3.63, 3.8) is 0 Å². The average molecular weight is 438 g/mol. The first-order chi connectivity index (χ1) is 13.8. The molecule has 3 aromatic rings. The topological polar surface area (TPSA) is 59.1 Å². The Morgan fingerprint density at radius 1 is 1.17 bits per heavy atom. The number of thiazole rings is 1. The standard InChI is InChI=1S/C20H17F3N2O2S2/c1-2-29(27)17-9-4-3-8-16(17)18(26)25-19-24-12-15(28-19)11-13-6-5-7-14(10-13)20(21,22)23/h3-10,12H,2,11H2,1H3,(H,24,25,26)/t29-/m0/s1. The van der Waals surface area contributed by atoms with Gasteiger partial charge in [0.15, 0.2) is 5.13 Å². The number of hydrogen-bond acceptors (Lipinski definition) is 4. The van der Waals surface area contributed by atoms with Gasteiger partial charge in [-0.05, 0) is 23.8 Å². The van der Waals surface area contributed by atoms with E-state index < -0.39 is 28.4 Å².